The Hall–Kier alpha value is -0.590. The van der Waals surface area contributed by atoms with Gasteiger partial charge in [0.25, 0.3) is 0 Å². The Balaban J connectivity index is 3.50. The summed E-state index contributed by atoms with van der Waals surface area (Å²) in [4.78, 5) is 10.3. The highest BCUT2D eigenvalue weighted by atomic mass is 16.1. The SMILES string of the molecule is CC(=O)/C=C/C(C)C. The Morgan fingerprint density at radius 2 is 2.00 bits per heavy atom. The molecule has 0 aromatic rings. The summed E-state index contributed by atoms with van der Waals surface area (Å²) in [5, 5.41) is 0. The highest BCUT2D eigenvalue weighted by Crippen LogP contribution is 1.92. The molecular weight excluding hydrogens is 100 g/mol. The number of hydrogen-bond donors (Lipinski definition) is 0. The molecule has 0 saturated carbocycles. The van der Waals surface area contributed by atoms with Gasteiger partial charge in [-0.2, -0.15) is 0 Å². The molecule has 0 amide bonds. The molecule has 0 aliphatic rings. The lowest BCUT2D eigenvalue weighted by molar-refractivity contribution is -0.112. The Labute approximate surface area is 50.4 Å². The average molecular weight is 112 g/mol. The Kier molecular flexibility index (Phi) is 3.16. The normalized spacial score (nSPS) is 11.0. The fourth-order valence-electron chi connectivity index (χ4n) is 0.328. The van der Waals surface area contributed by atoms with Crippen LogP contribution in [0.2, 0.25) is 0 Å². The van der Waals surface area contributed by atoms with Gasteiger partial charge in [0.15, 0.2) is 5.78 Å². The maximum atomic E-state index is 10.3. The van der Waals surface area contributed by atoms with Gasteiger partial charge in [-0.1, -0.05) is 19.9 Å². The maximum absolute atomic E-state index is 10.3. The fraction of sp³-hybridized carbons (Fsp3) is 0.571. The van der Waals surface area contributed by atoms with Crippen LogP contribution in [0.4, 0.5) is 0 Å². The van der Waals surface area contributed by atoms with E-state index in [1.807, 2.05) is 19.9 Å². The Morgan fingerprint density at radius 3 is 2.12 bits per heavy atom. The van der Waals surface area contributed by atoms with E-state index in [9.17, 15) is 4.79 Å². The minimum atomic E-state index is 0.124. The van der Waals surface area contributed by atoms with Gasteiger partial charge < -0.3 is 0 Å². The smallest absolute Gasteiger partial charge is 0.152 e. The van der Waals surface area contributed by atoms with Crippen molar-refractivity contribution >= 4 is 5.78 Å². The zero-order valence-electron chi connectivity index (χ0n) is 5.64. The van der Waals surface area contributed by atoms with E-state index >= 15 is 0 Å². The molecular formula is C7H12O. The third-order valence-corrected chi connectivity index (χ3v) is 0.716. The van der Waals surface area contributed by atoms with Crippen molar-refractivity contribution in [2.24, 2.45) is 5.92 Å². The molecule has 0 saturated heterocycles. The first kappa shape index (κ1) is 7.41. The van der Waals surface area contributed by atoms with Crippen LogP contribution in [-0.2, 0) is 4.79 Å². The van der Waals surface area contributed by atoms with Crippen molar-refractivity contribution in [1.29, 1.82) is 0 Å². The van der Waals surface area contributed by atoms with Crippen molar-refractivity contribution in [3.63, 3.8) is 0 Å². The number of hydrogen-bond acceptors (Lipinski definition) is 1. The molecule has 0 radical (unpaired) electrons. The van der Waals surface area contributed by atoms with Crippen LogP contribution in [0.1, 0.15) is 20.8 Å². The number of ketones is 1. The van der Waals surface area contributed by atoms with Gasteiger partial charge in [-0.05, 0) is 18.9 Å². The highest BCUT2D eigenvalue weighted by molar-refractivity contribution is 5.87. The second-order valence-corrected chi connectivity index (χ2v) is 2.21. The van der Waals surface area contributed by atoms with Gasteiger partial charge in [-0.25, -0.2) is 0 Å². The van der Waals surface area contributed by atoms with E-state index in [4.69, 9.17) is 0 Å². The monoisotopic (exact) mass is 112 g/mol. The third-order valence-electron chi connectivity index (χ3n) is 0.716. The zero-order valence-corrected chi connectivity index (χ0v) is 5.64. The Morgan fingerprint density at radius 1 is 1.50 bits per heavy atom. The van der Waals surface area contributed by atoms with E-state index in [0.717, 1.165) is 0 Å². The lowest BCUT2D eigenvalue weighted by atomic mass is 10.2. The molecule has 0 aromatic carbocycles. The van der Waals surface area contributed by atoms with Gasteiger partial charge in [-0.3, -0.25) is 4.79 Å². The lowest BCUT2D eigenvalue weighted by Gasteiger charge is -1.88. The van der Waals surface area contributed by atoms with Crippen molar-refractivity contribution in [2.45, 2.75) is 20.8 Å². The molecule has 0 fully saturated rings. The van der Waals surface area contributed by atoms with Gasteiger partial charge in [-0.15, -0.1) is 0 Å². The molecule has 0 N–H and O–H groups in total. The molecule has 8 heavy (non-hydrogen) atoms. The number of rotatable bonds is 2. The van der Waals surface area contributed by atoms with E-state index in [1.165, 1.54) is 0 Å². The molecule has 0 aliphatic heterocycles. The molecule has 0 unspecified atom stereocenters. The van der Waals surface area contributed by atoms with E-state index in [2.05, 4.69) is 0 Å². The average Bonchev–Trinajstić information content (AvgIpc) is 1.61. The van der Waals surface area contributed by atoms with Crippen molar-refractivity contribution in [2.75, 3.05) is 0 Å². The second kappa shape index (κ2) is 3.42. The van der Waals surface area contributed by atoms with Crippen LogP contribution in [0.25, 0.3) is 0 Å². The van der Waals surface area contributed by atoms with Crippen LogP contribution in [0.15, 0.2) is 12.2 Å². The van der Waals surface area contributed by atoms with Gasteiger partial charge in [0, 0.05) is 0 Å². The van der Waals surface area contributed by atoms with Crippen molar-refractivity contribution in [3.8, 4) is 0 Å². The molecule has 1 nitrogen and oxygen atoms in total. The highest BCUT2D eigenvalue weighted by Gasteiger charge is 1.84. The molecule has 1 heteroatoms. The topological polar surface area (TPSA) is 17.1 Å². The first-order valence-corrected chi connectivity index (χ1v) is 2.81. The lowest BCUT2D eigenvalue weighted by Crippen LogP contribution is -1.83. The van der Waals surface area contributed by atoms with Crippen molar-refractivity contribution in [3.05, 3.63) is 12.2 Å². The summed E-state index contributed by atoms with van der Waals surface area (Å²) in [7, 11) is 0. The predicted octanol–water partition coefficient (Wildman–Crippen LogP) is 1.79. The molecule has 0 atom stereocenters. The molecule has 0 aromatic heterocycles. The number of carbonyl (C=O) groups is 1. The van der Waals surface area contributed by atoms with Gasteiger partial charge >= 0.3 is 0 Å². The molecule has 0 heterocycles. The van der Waals surface area contributed by atoms with Gasteiger partial charge in [0.1, 0.15) is 0 Å². The predicted molar refractivity (Wildman–Crippen MR) is 34.7 cm³/mol. The summed E-state index contributed by atoms with van der Waals surface area (Å²) in [5.74, 6) is 0.609. The largest absolute Gasteiger partial charge is 0.295 e. The minimum absolute atomic E-state index is 0.124. The molecule has 0 aliphatic carbocycles. The molecule has 0 spiro atoms. The first-order chi connectivity index (χ1) is 3.63. The van der Waals surface area contributed by atoms with E-state index < -0.39 is 0 Å². The Bertz CT molecular complexity index is 101. The van der Waals surface area contributed by atoms with Crippen molar-refractivity contribution < 1.29 is 4.79 Å². The van der Waals surface area contributed by atoms with E-state index in [0.29, 0.717) is 5.92 Å². The van der Waals surface area contributed by atoms with Crippen LogP contribution in [0.5, 0.6) is 0 Å². The summed E-state index contributed by atoms with van der Waals surface area (Å²) in [6.45, 7) is 5.64. The minimum Gasteiger partial charge on any atom is -0.295 e. The zero-order chi connectivity index (χ0) is 6.57. The van der Waals surface area contributed by atoms with Crippen molar-refractivity contribution in [1.82, 2.24) is 0 Å². The fourth-order valence-corrected chi connectivity index (χ4v) is 0.328. The molecule has 46 valence electrons. The summed E-state index contributed by atoms with van der Waals surface area (Å²) in [6, 6.07) is 0. The van der Waals surface area contributed by atoms with Crippen LogP contribution >= 0.6 is 0 Å². The first-order valence-electron chi connectivity index (χ1n) is 2.81. The van der Waals surface area contributed by atoms with Gasteiger partial charge in [0.2, 0.25) is 0 Å². The maximum Gasteiger partial charge on any atom is 0.152 e. The molecule has 0 rings (SSSR count). The summed E-state index contributed by atoms with van der Waals surface area (Å²) >= 11 is 0. The third kappa shape index (κ3) is 5.41. The van der Waals surface area contributed by atoms with Crippen LogP contribution < -0.4 is 0 Å². The van der Waals surface area contributed by atoms with Crippen LogP contribution in [0, 0.1) is 5.92 Å². The summed E-state index contributed by atoms with van der Waals surface area (Å²) < 4.78 is 0. The standard InChI is InChI=1S/C7H12O/c1-6(2)4-5-7(3)8/h4-6H,1-3H3/b5-4+. The quantitative estimate of drug-likeness (QED) is 0.498. The second-order valence-electron chi connectivity index (χ2n) is 2.21. The number of allylic oxidation sites excluding steroid dienone is 2. The number of carbonyl (C=O) groups excluding carboxylic acids is 1. The van der Waals surface area contributed by atoms with E-state index in [1.54, 1.807) is 13.0 Å². The van der Waals surface area contributed by atoms with Crippen LogP contribution in [0.3, 0.4) is 0 Å². The summed E-state index contributed by atoms with van der Waals surface area (Å²) in [5.41, 5.74) is 0. The van der Waals surface area contributed by atoms with Crippen LogP contribution in [-0.4, -0.2) is 5.78 Å². The summed E-state index contributed by atoms with van der Waals surface area (Å²) in [6.07, 6.45) is 3.49. The van der Waals surface area contributed by atoms with E-state index in [-0.39, 0.29) is 5.78 Å². The molecule has 0 bridgehead atoms. The van der Waals surface area contributed by atoms with Gasteiger partial charge in [0.05, 0.1) is 0 Å².